The van der Waals surface area contributed by atoms with Gasteiger partial charge in [-0.2, -0.15) is 0 Å². The first kappa shape index (κ1) is 30.0. The van der Waals surface area contributed by atoms with Gasteiger partial charge < -0.3 is 4.57 Å². The van der Waals surface area contributed by atoms with Gasteiger partial charge in [0.2, 0.25) is 0 Å². The molecule has 250 valence electrons. The van der Waals surface area contributed by atoms with Crippen molar-refractivity contribution in [2.75, 3.05) is 0 Å². The molecular weight excluding hydrogens is 627 g/mol. The predicted octanol–water partition coefficient (Wildman–Crippen LogP) is 13.3. The van der Waals surface area contributed by atoms with Crippen LogP contribution in [0, 0.1) is 5.92 Å². The first-order valence-corrected chi connectivity index (χ1v) is 19.1. The van der Waals surface area contributed by atoms with E-state index >= 15 is 0 Å². The second-order valence-corrected chi connectivity index (χ2v) is 15.9. The fourth-order valence-electron chi connectivity index (χ4n) is 10.2. The van der Waals surface area contributed by atoms with E-state index in [0.29, 0.717) is 11.8 Å². The van der Waals surface area contributed by atoms with Crippen molar-refractivity contribution in [2.45, 2.75) is 50.9 Å². The fraction of sp³-hybridized carbons (Fsp3) is 0.176. The minimum Gasteiger partial charge on any atom is -0.309 e. The zero-order valence-corrected chi connectivity index (χ0v) is 29.9. The van der Waals surface area contributed by atoms with E-state index in [4.69, 9.17) is 0 Å². The minimum absolute atomic E-state index is 0.0629. The molecule has 7 aromatic rings. The monoisotopic (exact) mass is 667 g/mol. The number of para-hydroxylation sites is 1. The van der Waals surface area contributed by atoms with Gasteiger partial charge in [-0.25, -0.2) is 0 Å². The molecule has 1 nitrogen and oxygen atoms in total. The lowest BCUT2D eigenvalue weighted by molar-refractivity contribution is 0.394. The van der Waals surface area contributed by atoms with Crippen molar-refractivity contribution >= 4 is 44.7 Å². The molecule has 52 heavy (non-hydrogen) atoms. The van der Waals surface area contributed by atoms with Crippen LogP contribution in [0.2, 0.25) is 0 Å². The van der Waals surface area contributed by atoms with Crippen molar-refractivity contribution in [3.8, 4) is 27.9 Å². The molecule has 0 radical (unpaired) electrons. The van der Waals surface area contributed by atoms with Gasteiger partial charge in [0.1, 0.15) is 0 Å². The Balaban J connectivity index is 1.08. The van der Waals surface area contributed by atoms with Gasteiger partial charge >= 0.3 is 0 Å². The zero-order chi connectivity index (χ0) is 34.6. The Kier molecular flexibility index (Phi) is 6.45. The number of benzene rings is 6. The highest BCUT2D eigenvalue weighted by Crippen LogP contribution is 2.54. The highest BCUT2D eigenvalue weighted by Gasteiger charge is 2.45. The predicted molar refractivity (Wildman–Crippen MR) is 221 cm³/mol. The molecule has 11 rings (SSSR count). The summed E-state index contributed by atoms with van der Waals surface area (Å²) in [5.41, 5.74) is 17.8. The van der Waals surface area contributed by atoms with Gasteiger partial charge in [-0.05, 0) is 152 Å². The number of nitrogens with zero attached hydrogens (tertiary/aromatic N) is 1. The topological polar surface area (TPSA) is 4.93 Å². The molecule has 1 heteroatoms. The van der Waals surface area contributed by atoms with E-state index < -0.39 is 0 Å². The molecule has 1 aromatic heterocycles. The van der Waals surface area contributed by atoms with Crippen LogP contribution in [-0.4, -0.2) is 4.57 Å². The van der Waals surface area contributed by atoms with Gasteiger partial charge in [-0.1, -0.05) is 117 Å². The lowest BCUT2D eigenvalue weighted by Gasteiger charge is -2.29. The summed E-state index contributed by atoms with van der Waals surface area (Å²) in [5, 5.41) is 5.41. The average molecular weight is 668 g/mol. The fourth-order valence-corrected chi connectivity index (χ4v) is 10.2. The Morgan fingerprint density at radius 1 is 0.558 bits per heavy atom. The summed E-state index contributed by atoms with van der Waals surface area (Å²) < 4.78 is 2.48. The summed E-state index contributed by atoms with van der Waals surface area (Å²) in [6.45, 7) is 4.86. The van der Waals surface area contributed by atoms with E-state index in [9.17, 15) is 0 Å². The lowest BCUT2D eigenvalue weighted by Crippen LogP contribution is -2.24. The third kappa shape index (κ3) is 4.29. The molecule has 0 saturated heterocycles. The Morgan fingerprint density at radius 3 is 1.98 bits per heavy atom. The SMILES string of the molecule is CC1(C)c2cc3c(cc2C2C=CC=CC21)c1cc(-c2cccc(-c4ccc5c6c(c7c(c5c4)C=CCC7)CCC=C6)c2)ccc1n3-c1ccccc1. The standard InChI is InChI=1S/C51H41N/c1-51(2)47-22-11-10-21-42(47)44-30-46-45-29-35(24-26-49(45)52(50(46)31-48(44)51)36-15-4-3-5-16-36)33-14-12-13-32(27-33)34-23-25-41-39-19-7-6-17-37(39)38-18-8-9-20-40(38)43(41)28-34/h3-5,7,9-16,19-31,42,47H,6,8,17-18H2,1-2H3. The van der Waals surface area contributed by atoms with Crippen LogP contribution in [0.15, 0.2) is 140 Å². The van der Waals surface area contributed by atoms with Gasteiger partial charge in [0.25, 0.3) is 0 Å². The third-order valence-corrected chi connectivity index (χ3v) is 12.8. The second kappa shape index (κ2) is 11.2. The summed E-state index contributed by atoms with van der Waals surface area (Å²) in [6, 6.07) is 39.4. The first-order valence-electron chi connectivity index (χ1n) is 19.1. The van der Waals surface area contributed by atoms with Gasteiger partial charge in [0, 0.05) is 22.4 Å². The largest absolute Gasteiger partial charge is 0.309 e. The molecule has 0 spiro atoms. The smallest absolute Gasteiger partial charge is 0.0544 e. The lowest BCUT2D eigenvalue weighted by atomic mass is 9.74. The summed E-state index contributed by atoms with van der Waals surface area (Å²) in [7, 11) is 0. The van der Waals surface area contributed by atoms with Gasteiger partial charge in [0.05, 0.1) is 11.0 Å². The summed E-state index contributed by atoms with van der Waals surface area (Å²) in [6.07, 6.45) is 23.4. The maximum absolute atomic E-state index is 2.53. The molecule has 0 fully saturated rings. The van der Waals surface area contributed by atoms with E-state index in [0.717, 1.165) is 25.7 Å². The Labute approximate surface area is 305 Å². The van der Waals surface area contributed by atoms with Crippen LogP contribution in [0.25, 0.3) is 72.7 Å². The van der Waals surface area contributed by atoms with Crippen molar-refractivity contribution in [3.05, 3.63) is 173 Å². The summed E-state index contributed by atoms with van der Waals surface area (Å²) in [4.78, 5) is 0. The normalized spacial score (nSPS) is 19.3. The van der Waals surface area contributed by atoms with Crippen LogP contribution >= 0.6 is 0 Å². The van der Waals surface area contributed by atoms with Crippen LogP contribution < -0.4 is 0 Å². The molecular formula is C51H41N. The molecule has 1 heterocycles. The van der Waals surface area contributed by atoms with E-state index in [1.165, 1.54) is 82.8 Å². The van der Waals surface area contributed by atoms with Crippen molar-refractivity contribution in [1.29, 1.82) is 0 Å². The third-order valence-electron chi connectivity index (χ3n) is 12.8. The van der Waals surface area contributed by atoms with Crippen LogP contribution in [0.4, 0.5) is 0 Å². The van der Waals surface area contributed by atoms with Crippen molar-refractivity contribution in [2.24, 2.45) is 5.92 Å². The average Bonchev–Trinajstić information content (AvgIpc) is 3.64. The number of aromatic nitrogens is 1. The maximum Gasteiger partial charge on any atom is 0.0544 e. The molecule has 2 unspecified atom stereocenters. The van der Waals surface area contributed by atoms with Gasteiger partial charge in [-0.3, -0.25) is 0 Å². The van der Waals surface area contributed by atoms with Crippen molar-refractivity contribution < 1.29 is 0 Å². The van der Waals surface area contributed by atoms with Crippen LogP contribution in [0.3, 0.4) is 0 Å². The number of allylic oxidation sites excluding steroid dienone is 6. The zero-order valence-electron chi connectivity index (χ0n) is 29.9. The van der Waals surface area contributed by atoms with E-state index in [-0.39, 0.29) is 5.41 Å². The van der Waals surface area contributed by atoms with Gasteiger partial charge in [-0.15, -0.1) is 0 Å². The second-order valence-electron chi connectivity index (χ2n) is 15.9. The number of hydrogen-bond acceptors (Lipinski definition) is 0. The summed E-state index contributed by atoms with van der Waals surface area (Å²) >= 11 is 0. The first-order chi connectivity index (χ1) is 25.5. The molecule has 0 amide bonds. The molecule has 4 aliphatic rings. The molecule has 0 N–H and O–H groups in total. The maximum atomic E-state index is 2.53. The number of rotatable bonds is 3. The molecule has 6 aromatic carbocycles. The number of fused-ring (bicyclic) bond motifs is 12. The Hall–Kier alpha value is -5.66. The van der Waals surface area contributed by atoms with Crippen LogP contribution in [0.5, 0.6) is 0 Å². The molecule has 2 atom stereocenters. The molecule has 4 aliphatic carbocycles. The highest BCUT2D eigenvalue weighted by atomic mass is 15.0. The summed E-state index contributed by atoms with van der Waals surface area (Å²) in [5.74, 6) is 0.895. The molecule has 0 bridgehead atoms. The van der Waals surface area contributed by atoms with E-state index in [1.54, 1.807) is 11.1 Å². The quantitative estimate of drug-likeness (QED) is 0.177. The van der Waals surface area contributed by atoms with Crippen molar-refractivity contribution in [1.82, 2.24) is 4.57 Å². The van der Waals surface area contributed by atoms with E-state index in [1.807, 2.05) is 0 Å². The van der Waals surface area contributed by atoms with Gasteiger partial charge in [0.15, 0.2) is 0 Å². The Morgan fingerprint density at radius 2 is 1.21 bits per heavy atom. The minimum atomic E-state index is 0.0629. The Bertz CT molecular complexity index is 2760. The van der Waals surface area contributed by atoms with E-state index in [2.05, 4.69) is 170 Å². The number of hydrogen-bond donors (Lipinski definition) is 0. The molecule has 0 saturated carbocycles. The van der Waals surface area contributed by atoms with Crippen LogP contribution in [-0.2, 0) is 18.3 Å². The van der Waals surface area contributed by atoms with Crippen molar-refractivity contribution in [3.63, 3.8) is 0 Å². The highest BCUT2D eigenvalue weighted by molar-refractivity contribution is 6.11. The molecule has 0 aliphatic heterocycles. The van der Waals surface area contributed by atoms with Crippen LogP contribution in [0.1, 0.15) is 66.0 Å².